The van der Waals surface area contributed by atoms with E-state index >= 15 is 0 Å². The van der Waals surface area contributed by atoms with E-state index in [4.69, 9.17) is 0 Å². The molecule has 1 N–H and O–H groups in total. The van der Waals surface area contributed by atoms with E-state index in [0.29, 0.717) is 13.1 Å². The third kappa shape index (κ3) is 2.63. The molecule has 0 unspecified atom stereocenters. The number of halogens is 1. The molecular formula is C15H21FN2O. The SMILES string of the molecule is CC1(C)CNCC(C)(C)N(c2ccc(F)cc2)C1=O. The highest BCUT2D eigenvalue weighted by Crippen LogP contribution is 2.32. The Morgan fingerprint density at radius 1 is 1.11 bits per heavy atom. The number of amides is 1. The summed E-state index contributed by atoms with van der Waals surface area (Å²) >= 11 is 0. The highest BCUT2D eigenvalue weighted by atomic mass is 19.1. The van der Waals surface area contributed by atoms with Gasteiger partial charge in [0.2, 0.25) is 5.91 Å². The van der Waals surface area contributed by atoms with Gasteiger partial charge in [-0.15, -0.1) is 0 Å². The highest BCUT2D eigenvalue weighted by Gasteiger charge is 2.42. The first-order chi connectivity index (χ1) is 8.74. The Balaban J connectivity index is 2.47. The van der Waals surface area contributed by atoms with Gasteiger partial charge in [0.05, 0.1) is 11.0 Å². The average Bonchev–Trinajstić information content (AvgIpc) is 2.37. The molecule has 0 aromatic heterocycles. The zero-order chi connectivity index (χ0) is 14.3. The van der Waals surface area contributed by atoms with Crippen LogP contribution in [0.2, 0.25) is 0 Å². The summed E-state index contributed by atoms with van der Waals surface area (Å²) in [6.45, 7) is 9.25. The van der Waals surface area contributed by atoms with Gasteiger partial charge in [0.15, 0.2) is 0 Å². The van der Waals surface area contributed by atoms with Crippen molar-refractivity contribution in [2.24, 2.45) is 5.41 Å². The number of nitrogens with one attached hydrogen (secondary N) is 1. The van der Waals surface area contributed by atoms with Gasteiger partial charge in [0.25, 0.3) is 0 Å². The molecule has 19 heavy (non-hydrogen) atoms. The molecule has 1 aromatic rings. The summed E-state index contributed by atoms with van der Waals surface area (Å²) in [5.74, 6) is -0.227. The third-order valence-corrected chi connectivity index (χ3v) is 3.60. The monoisotopic (exact) mass is 264 g/mol. The normalized spacial score (nSPS) is 22.2. The molecule has 1 fully saturated rings. The number of anilines is 1. The molecule has 0 saturated carbocycles. The van der Waals surface area contributed by atoms with E-state index in [-0.39, 0.29) is 17.3 Å². The fourth-order valence-electron chi connectivity index (χ4n) is 2.47. The van der Waals surface area contributed by atoms with Crippen LogP contribution in [0.3, 0.4) is 0 Å². The Kier molecular flexibility index (Phi) is 3.39. The fourth-order valence-corrected chi connectivity index (χ4v) is 2.47. The van der Waals surface area contributed by atoms with Crippen molar-refractivity contribution in [3.8, 4) is 0 Å². The first kappa shape index (κ1) is 14.0. The molecule has 1 amide bonds. The summed E-state index contributed by atoms with van der Waals surface area (Å²) in [6, 6.07) is 6.11. The van der Waals surface area contributed by atoms with Crippen LogP contribution < -0.4 is 10.2 Å². The molecular weight excluding hydrogens is 243 g/mol. The van der Waals surface area contributed by atoms with Crippen molar-refractivity contribution < 1.29 is 9.18 Å². The number of hydrogen-bond acceptors (Lipinski definition) is 2. The molecule has 0 bridgehead atoms. The summed E-state index contributed by atoms with van der Waals surface area (Å²) in [5, 5.41) is 3.33. The minimum atomic E-state index is -0.470. The first-order valence-electron chi connectivity index (χ1n) is 6.55. The van der Waals surface area contributed by atoms with E-state index in [1.54, 1.807) is 17.0 Å². The maximum absolute atomic E-state index is 13.1. The van der Waals surface area contributed by atoms with Gasteiger partial charge >= 0.3 is 0 Å². The zero-order valence-electron chi connectivity index (χ0n) is 12.0. The molecule has 0 radical (unpaired) electrons. The molecule has 1 heterocycles. The predicted octanol–water partition coefficient (Wildman–Crippen LogP) is 2.57. The smallest absolute Gasteiger partial charge is 0.234 e. The topological polar surface area (TPSA) is 32.3 Å². The maximum Gasteiger partial charge on any atom is 0.234 e. The van der Waals surface area contributed by atoms with Crippen LogP contribution in [0.1, 0.15) is 27.7 Å². The number of carbonyl (C=O) groups is 1. The summed E-state index contributed by atoms with van der Waals surface area (Å²) < 4.78 is 13.1. The number of hydrogen-bond donors (Lipinski definition) is 1. The van der Waals surface area contributed by atoms with E-state index in [2.05, 4.69) is 5.32 Å². The molecule has 1 aliphatic rings. The molecule has 0 spiro atoms. The predicted molar refractivity (Wildman–Crippen MR) is 74.6 cm³/mol. The molecule has 3 nitrogen and oxygen atoms in total. The molecule has 1 aromatic carbocycles. The van der Waals surface area contributed by atoms with Gasteiger partial charge in [-0.05, 0) is 52.0 Å². The third-order valence-electron chi connectivity index (χ3n) is 3.60. The van der Waals surface area contributed by atoms with Crippen LogP contribution in [0.4, 0.5) is 10.1 Å². The van der Waals surface area contributed by atoms with Gasteiger partial charge in [-0.1, -0.05) is 0 Å². The number of benzene rings is 1. The van der Waals surface area contributed by atoms with Crippen molar-refractivity contribution in [1.82, 2.24) is 5.32 Å². The second-order valence-electron chi connectivity index (χ2n) is 6.42. The van der Waals surface area contributed by atoms with Crippen molar-refractivity contribution >= 4 is 11.6 Å². The van der Waals surface area contributed by atoms with Crippen LogP contribution in [0.25, 0.3) is 0 Å². The second kappa shape index (κ2) is 4.60. The van der Waals surface area contributed by atoms with Crippen LogP contribution in [0.5, 0.6) is 0 Å². The van der Waals surface area contributed by atoms with Crippen molar-refractivity contribution in [3.05, 3.63) is 30.1 Å². The average molecular weight is 264 g/mol. The van der Waals surface area contributed by atoms with Crippen molar-refractivity contribution in [2.45, 2.75) is 33.2 Å². The van der Waals surface area contributed by atoms with Gasteiger partial charge in [-0.3, -0.25) is 4.79 Å². The lowest BCUT2D eigenvalue weighted by Crippen LogP contribution is -2.53. The van der Waals surface area contributed by atoms with Crippen LogP contribution in [-0.2, 0) is 4.79 Å². The maximum atomic E-state index is 13.1. The van der Waals surface area contributed by atoms with E-state index in [1.165, 1.54) is 12.1 Å². The van der Waals surface area contributed by atoms with E-state index in [0.717, 1.165) is 5.69 Å². The minimum absolute atomic E-state index is 0.0640. The van der Waals surface area contributed by atoms with Crippen molar-refractivity contribution in [3.63, 3.8) is 0 Å². The van der Waals surface area contributed by atoms with E-state index < -0.39 is 5.41 Å². The van der Waals surface area contributed by atoms with Gasteiger partial charge in [-0.2, -0.15) is 0 Å². The van der Waals surface area contributed by atoms with Crippen molar-refractivity contribution in [1.29, 1.82) is 0 Å². The lowest BCUT2D eigenvalue weighted by atomic mass is 9.90. The standard InChI is InChI=1S/C15H21FN2O/c1-14(2)9-17-10-15(3,4)18(13(14)19)12-7-5-11(16)6-8-12/h5-8,17H,9-10H2,1-4H3. The van der Waals surface area contributed by atoms with Gasteiger partial charge < -0.3 is 10.2 Å². The highest BCUT2D eigenvalue weighted by molar-refractivity contribution is 5.98. The Hall–Kier alpha value is -1.42. The second-order valence-corrected chi connectivity index (χ2v) is 6.42. The molecule has 4 heteroatoms. The van der Waals surface area contributed by atoms with Crippen molar-refractivity contribution in [2.75, 3.05) is 18.0 Å². The number of rotatable bonds is 1. The minimum Gasteiger partial charge on any atom is -0.313 e. The molecule has 0 aliphatic carbocycles. The summed E-state index contributed by atoms with van der Waals surface area (Å²) in [6.07, 6.45) is 0. The van der Waals surface area contributed by atoms with E-state index in [1.807, 2.05) is 27.7 Å². The summed E-state index contributed by atoms with van der Waals surface area (Å²) in [5.41, 5.74) is -0.0710. The van der Waals surface area contributed by atoms with Crippen LogP contribution >= 0.6 is 0 Å². The molecule has 1 aliphatic heterocycles. The largest absolute Gasteiger partial charge is 0.313 e. The Morgan fingerprint density at radius 2 is 1.68 bits per heavy atom. The van der Waals surface area contributed by atoms with Gasteiger partial charge in [0, 0.05) is 18.8 Å². The zero-order valence-corrected chi connectivity index (χ0v) is 12.0. The number of nitrogens with zero attached hydrogens (tertiary/aromatic N) is 1. The molecule has 0 atom stereocenters. The first-order valence-corrected chi connectivity index (χ1v) is 6.55. The van der Waals surface area contributed by atoms with Crippen LogP contribution in [0.15, 0.2) is 24.3 Å². The lowest BCUT2D eigenvalue weighted by molar-refractivity contribution is -0.126. The Labute approximate surface area is 113 Å². The van der Waals surface area contributed by atoms with E-state index in [9.17, 15) is 9.18 Å². The Morgan fingerprint density at radius 3 is 2.26 bits per heavy atom. The lowest BCUT2D eigenvalue weighted by Gasteiger charge is -2.39. The molecule has 2 rings (SSSR count). The summed E-state index contributed by atoms with van der Waals surface area (Å²) in [4.78, 5) is 14.5. The summed E-state index contributed by atoms with van der Waals surface area (Å²) in [7, 11) is 0. The quantitative estimate of drug-likeness (QED) is 0.845. The Bertz CT molecular complexity index is 479. The van der Waals surface area contributed by atoms with Crippen LogP contribution in [-0.4, -0.2) is 24.5 Å². The van der Waals surface area contributed by atoms with Crippen LogP contribution in [0, 0.1) is 11.2 Å². The molecule has 104 valence electrons. The van der Waals surface area contributed by atoms with Gasteiger partial charge in [-0.25, -0.2) is 4.39 Å². The number of carbonyl (C=O) groups excluding carboxylic acids is 1. The molecule has 1 saturated heterocycles. The van der Waals surface area contributed by atoms with Gasteiger partial charge in [0.1, 0.15) is 5.82 Å². The fraction of sp³-hybridized carbons (Fsp3) is 0.533.